The monoisotopic (exact) mass is 529 g/mol. The first kappa shape index (κ1) is 25.8. The van der Waals surface area contributed by atoms with Gasteiger partial charge in [0.25, 0.3) is 0 Å². The molecule has 2 aliphatic rings. The molecule has 5 rings (SSSR count). The van der Waals surface area contributed by atoms with Gasteiger partial charge in [-0.3, -0.25) is 4.79 Å². The van der Waals surface area contributed by atoms with E-state index in [9.17, 15) is 9.59 Å². The molecule has 0 spiro atoms. The van der Waals surface area contributed by atoms with Crippen LogP contribution in [-0.2, 0) is 20.7 Å². The third-order valence-corrected chi connectivity index (χ3v) is 8.16. The van der Waals surface area contributed by atoms with Crippen LogP contribution in [-0.4, -0.2) is 32.6 Å². The zero-order valence-corrected chi connectivity index (χ0v) is 22.6. The van der Waals surface area contributed by atoms with Crippen LogP contribution < -0.4 is 14.8 Å². The van der Waals surface area contributed by atoms with E-state index in [0.717, 1.165) is 27.4 Å². The van der Waals surface area contributed by atoms with Crippen molar-refractivity contribution in [2.75, 3.05) is 20.8 Å². The summed E-state index contributed by atoms with van der Waals surface area (Å²) in [4.78, 5) is 28.1. The van der Waals surface area contributed by atoms with Crippen LogP contribution in [0.3, 0.4) is 0 Å². The fourth-order valence-electron chi connectivity index (χ4n) is 5.38. The summed E-state index contributed by atoms with van der Waals surface area (Å²) in [5.74, 6) is 0.506. The average Bonchev–Trinajstić information content (AvgIpc) is 3.47. The maximum absolute atomic E-state index is 13.7. The molecule has 6 nitrogen and oxygen atoms in total. The van der Waals surface area contributed by atoms with Gasteiger partial charge in [0, 0.05) is 34.7 Å². The first-order chi connectivity index (χ1) is 18.5. The fourth-order valence-corrected chi connectivity index (χ4v) is 6.22. The number of carbonyl (C=O) groups excluding carboxylic acids is 2. The Bertz CT molecular complexity index is 1390. The number of carbonyl (C=O) groups is 2. The number of Topliss-reactive ketones (excluding diaryl/α,β-unsaturated/α-hetero) is 1. The van der Waals surface area contributed by atoms with Crippen molar-refractivity contribution in [1.82, 2.24) is 5.32 Å². The molecule has 0 saturated carbocycles. The van der Waals surface area contributed by atoms with E-state index in [2.05, 4.69) is 5.32 Å². The molecule has 7 heteroatoms. The van der Waals surface area contributed by atoms with Gasteiger partial charge in [0.15, 0.2) is 17.3 Å². The quantitative estimate of drug-likeness (QED) is 0.366. The van der Waals surface area contributed by atoms with Crippen molar-refractivity contribution in [2.24, 2.45) is 0 Å². The Labute approximate surface area is 226 Å². The minimum atomic E-state index is -0.436. The van der Waals surface area contributed by atoms with Crippen LogP contribution >= 0.6 is 11.3 Å². The summed E-state index contributed by atoms with van der Waals surface area (Å²) in [6.07, 6.45) is 1.65. The highest BCUT2D eigenvalue weighted by molar-refractivity contribution is 7.10. The molecule has 0 bridgehead atoms. The van der Waals surface area contributed by atoms with Crippen LogP contribution in [0.25, 0.3) is 0 Å². The molecular weight excluding hydrogens is 498 g/mol. The van der Waals surface area contributed by atoms with Gasteiger partial charge in [0.05, 0.1) is 32.3 Å². The van der Waals surface area contributed by atoms with E-state index in [0.29, 0.717) is 41.9 Å². The first-order valence-corrected chi connectivity index (χ1v) is 13.6. The maximum atomic E-state index is 13.7. The van der Waals surface area contributed by atoms with Gasteiger partial charge >= 0.3 is 5.97 Å². The molecule has 38 heavy (non-hydrogen) atoms. The Hall–Kier alpha value is -3.84. The summed E-state index contributed by atoms with van der Waals surface area (Å²) in [6, 6.07) is 19.7. The van der Waals surface area contributed by atoms with E-state index >= 15 is 0 Å². The molecule has 0 fully saturated rings. The number of ketones is 1. The predicted molar refractivity (Wildman–Crippen MR) is 148 cm³/mol. The Kier molecular flexibility index (Phi) is 7.65. The second-order valence-corrected chi connectivity index (χ2v) is 10.5. The van der Waals surface area contributed by atoms with Gasteiger partial charge in [0.1, 0.15) is 0 Å². The molecule has 2 atom stereocenters. The molecule has 2 heterocycles. The molecule has 3 aromatic rings. The van der Waals surface area contributed by atoms with Crippen molar-refractivity contribution < 1.29 is 23.8 Å². The Morgan fingerprint density at radius 3 is 2.50 bits per heavy atom. The van der Waals surface area contributed by atoms with Gasteiger partial charge in [-0.15, -0.1) is 11.3 Å². The number of allylic oxidation sites excluding steroid dienone is 3. The molecule has 1 aliphatic heterocycles. The number of rotatable bonds is 8. The summed E-state index contributed by atoms with van der Waals surface area (Å²) in [6.45, 7) is 2.17. The second-order valence-electron chi connectivity index (χ2n) is 9.52. The Morgan fingerprint density at radius 1 is 1.00 bits per heavy atom. The lowest BCUT2D eigenvalue weighted by Crippen LogP contribution is -2.36. The number of ether oxygens (including phenoxy) is 3. The third kappa shape index (κ3) is 5.11. The van der Waals surface area contributed by atoms with Crippen LogP contribution in [0.5, 0.6) is 11.5 Å². The molecule has 0 amide bonds. The van der Waals surface area contributed by atoms with Crippen molar-refractivity contribution in [3.63, 3.8) is 0 Å². The Morgan fingerprint density at radius 2 is 1.79 bits per heavy atom. The van der Waals surface area contributed by atoms with Crippen LogP contribution in [0.2, 0.25) is 0 Å². The van der Waals surface area contributed by atoms with E-state index < -0.39 is 5.92 Å². The van der Waals surface area contributed by atoms with Crippen molar-refractivity contribution in [2.45, 2.75) is 38.0 Å². The van der Waals surface area contributed by atoms with Gasteiger partial charge in [-0.05, 0) is 54.0 Å². The molecule has 196 valence electrons. The summed E-state index contributed by atoms with van der Waals surface area (Å²) in [5.41, 5.74) is 4.91. The largest absolute Gasteiger partial charge is 0.493 e. The van der Waals surface area contributed by atoms with Gasteiger partial charge in [-0.2, -0.15) is 0 Å². The Balaban J connectivity index is 1.42. The number of benzene rings is 2. The van der Waals surface area contributed by atoms with Gasteiger partial charge in [-0.25, -0.2) is 4.79 Å². The number of methoxy groups -OCH3 is 2. The number of hydrogen-bond acceptors (Lipinski definition) is 7. The summed E-state index contributed by atoms with van der Waals surface area (Å²) in [5, 5.41) is 5.39. The normalized spacial score (nSPS) is 19.1. The topological polar surface area (TPSA) is 73.9 Å². The average molecular weight is 530 g/mol. The van der Waals surface area contributed by atoms with Crippen molar-refractivity contribution in [3.05, 3.63) is 105 Å². The van der Waals surface area contributed by atoms with E-state index in [-0.39, 0.29) is 24.3 Å². The van der Waals surface area contributed by atoms with E-state index in [1.807, 2.05) is 73.0 Å². The maximum Gasteiger partial charge on any atom is 0.336 e. The molecule has 0 unspecified atom stereocenters. The molecule has 1 aliphatic carbocycles. The van der Waals surface area contributed by atoms with Crippen molar-refractivity contribution in [3.8, 4) is 11.5 Å². The van der Waals surface area contributed by atoms with Gasteiger partial charge in [-0.1, -0.05) is 42.5 Å². The SMILES string of the molecule is COc1ccc([C@H]2CC(=O)C3=C(C2)NC(C)=C(C(=O)OCCc2ccccc2)[C@@H]3c2cccs2)cc1OC. The molecule has 2 aromatic carbocycles. The molecule has 0 radical (unpaired) electrons. The summed E-state index contributed by atoms with van der Waals surface area (Å²) in [7, 11) is 3.21. The zero-order chi connectivity index (χ0) is 26.6. The summed E-state index contributed by atoms with van der Waals surface area (Å²) < 4.78 is 16.6. The lowest BCUT2D eigenvalue weighted by molar-refractivity contribution is -0.139. The van der Waals surface area contributed by atoms with Crippen LogP contribution in [0, 0.1) is 0 Å². The van der Waals surface area contributed by atoms with Crippen LogP contribution in [0.1, 0.15) is 47.6 Å². The fraction of sp³-hybridized carbons (Fsp3) is 0.290. The zero-order valence-electron chi connectivity index (χ0n) is 21.8. The highest BCUT2D eigenvalue weighted by Crippen LogP contribution is 2.47. The van der Waals surface area contributed by atoms with Crippen molar-refractivity contribution >= 4 is 23.1 Å². The molecule has 1 aromatic heterocycles. The standard InChI is InChI=1S/C31H31NO5S/c1-19-28(31(34)37-14-13-20-8-5-4-6-9-20)30(27-10-7-15-38-27)29-23(32-19)16-22(17-24(29)33)21-11-12-25(35-2)26(18-21)36-3/h4-12,15,18,22,30,32H,13-14,16-17H2,1-3H3/t22-,30+/m1/s1. The van der Waals surface area contributed by atoms with E-state index in [1.165, 1.54) is 0 Å². The van der Waals surface area contributed by atoms with Crippen LogP contribution in [0.4, 0.5) is 0 Å². The number of thiophene rings is 1. The third-order valence-electron chi connectivity index (χ3n) is 7.22. The number of esters is 1. The number of nitrogens with one attached hydrogen (secondary N) is 1. The van der Waals surface area contributed by atoms with E-state index in [4.69, 9.17) is 14.2 Å². The lowest BCUT2D eigenvalue weighted by atomic mass is 9.73. The molecule has 0 saturated heterocycles. The van der Waals surface area contributed by atoms with Gasteiger partial charge < -0.3 is 19.5 Å². The smallest absolute Gasteiger partial charge is 0.336 e. The van der Waals surface area contributed by atoms with E-state index in [1.54, 1.807) is 25.6 Å². The van der Waals surface area contributed by atoms with Gasteiger partial charge in [0.2, 0.25) is 0 Å². The minimum absolute atomic E-state index is 0.00952. The first-order valence-electron chi connectivity index (χ1n) is 12.7. The molecular formula is C31H31NO5S. The second kappa shape index (κ2) is 11.3. The summed E-state index contributed by atoms with van der Waals surface area (Å²) >= 11 is 1.55. The molecule has 1 N–H and O–H groups in total. The predicted octanol–water partition coefficient (Wildman–Crippen LogP) is 5.91. The lowest BCUT2D eigenvalue weighted by Gasteiger charge is -2.36. The minimum Gasteiger partial charge on any atom is -0.493 e. The van der Waals surface area contributed by atoms with Crippen molar-refractivity contribution in [1.29, 1.82) is 0 Å². The van der Waals surface area contributed by atoms with Crippen LogP contribution in [0.15, 0.2) is 88.6 Å². The number of hydrogen-bond donors (Lipinski definition) is 1. The highest BCUT2D eigenvalue weighted by atomic mass is 32.1. The number of dihydropyridines is 1. The highest BCUT2D eigenvalue weighted by Gasteiger charge is 2.42.